The van der Waals surface area contributed by atoms with Gasteiger partial charge in [-0.3, -0.25) is 9.59 Å². The third kappa shape index (κ3) is 30.4. The Bertz CT molecular complexity index is 971. The quantitative estimate of drug-likeness (QED) is 0.0364. The summed E-state index contributed by atoms with van der Waals surface area (Å²) in [7, 11) is 0. The van der Waals surface area contributed by atoms with Crippen molar-refractivity contribution in [3.63, 3.8) is 0 Å². The highest BCUT2D eigenvalue weighted by Gasteiger charge is 2.14. The summed E-state index contributed by atoms with van der Waals surface area (Å²) in [5.41, 5.74) is 8.28. The molecule has 0 spiro atoms. The molecule has 1 fully saturated rings. The number of esters is 2. The molecule has 0 amide bonds. The molecule has 300 valence electrons. The Labute approximate surface area is 321 Å². The monoisotopic (exact) mass is 728 g/mol. The minimum atomic E-state index is -0.107. The molecule has 52 heavy (non-hydrogen) atoms. The molecule has 0 bridgehead atoms. The van der Waals surface area contributed by atoms with Gasteiger partial charge in [-0.2, -0.15) is 0 Å². The van der Waals surface area contributed by atoms with E-state index in [4.69, 9.17) is 14.2 Å². The van der Waals surface area contributed by atoms with Crippen LogP contribution >= 0.6 is 0 Å². The molecule has 0 aliphatic carbocycles. The first-order chi connectivity index (χ1) is 25.5. The minimum absolute atomic E-state index is 0.0179. The van der Waals surface area contributed by atoms with Crippen molar-refractivity contribution in [3.05, 3.63) is 29.8 Å². The lowest BCUT2D eigenvalue weighted by Gasteiger charge is -2.20. The van der Waals surface area contributed by atoms with Crippen LogP contribution in [0.5, 0.6) is 0 Å². The summed E-state index contributed by atoms with van der Waals surface area (Å²) in [6.45, 7) is 15.8. The van der Waals surface area contributed by atoms with E-state index in [0.29, 0.717) is 38.1 Å². The SMILES string of the molecule is C=C=C=C=CC(CCCCC)CC(=O)OCCCCCCCCC(CCCCCCCCOC(=O)CC(C)CCCCC)OCCCN1CCCC1. The standard InChI is InChI=1S/C46H81NO5/c1-5-8-19-29-42(4)40-45(48)51-37-26-17-13-11-15-22-32-44(50-39-28-36-47-34-24-25-35-47)33-23-16-12-14-18-27-38-52-46(49)41-43(30-20-9-6-2)31-21-10-7-3/h30,42-44H,2,5,7-8,10-19,21-29,31-41H2,1,3-4H3. The van der Waals surface area contributed by atoms with Gasteiger partial charge in [0, 0.05) is 19.6 Å². The zero-order chi connectivity index (χ0) is 37.7. The third-order valence-corrected chi connectivity index (χ3v) is 10.4. The molecule has 1 heterocycles. The summed E-state index contributed by atoms with van der Waals surface area (Å²) in [5.74, 6) is 0.453. The van der Waals surface area contributed by atoms with Crippen molar-refractivity contribution in [2.24, 2.45) is 11.8 Å². The highest BCUT2D eigenvalue weighted by molar-refractivity contribution is 5.70. The normalized spacial score (nSPS) is 14.6. The Morgan fingerprint density at radius 1 is 0.654 bits per heavy atom. The van der Waals surface area contributed by atoms with Gasteiger partial charge in [0.05, 0.1) is 25.7 Å². The van der Waals surface area contributed by atoms with Crippen molar-refractivity contribution in [2.75, 3.05) is 39.5 Å². The fourth-order valence-corrected chi connectivity index (χ4v) is 7.16. The smallest absolute Gasteiger partial charge is 0.306 e. The third-order valence-electron chi connectivity index (χ3n) is 10.4. The molecule has 0 aromatic heterocycles. The number of rotatable bonds is 36. The first-order valence-corrected chi connectivity index (χ1v) is 22.0. The maximum absolute atomic E-state index is 12.4. The molecule has 1 rings (SSSR count). The van der Waals surface area contributed by atoms with E-state index in [2.05, 4.69) is 49.4 Å². The van der Waals surface area contributed by atoms with Crippen LogP contribution in [0.3, 0.4) is 0 Å². The number of likely N-dealkylation sites (tertiary alicyclic amines) is 1. The summed E-state index contributed by atoms with van der Waals surface area (Å²) >= 11 is 0. The van der Waals surface area contributed by atoms with Crippen molar-refractivity contribution >= 4 is 11.9 Å². The molecule has 3 atom stereocenters. The first-order valence-electron chi connectivity index (χ1n) is 22.0. The fourth-order valence-electron chi connectivity index (χ4n) is 7.16. The maximum atomic E-state index is 12.4. The molecule has 3 unspecified atom stereocenters. The first kappa shape index (κ1) is 48.0. The number of allylic oxidation sites excluding steroid dienone is 1. The summed E-state index contributed by atoms with van der Waals surface area (Å²) in [5, 5.41) is 0. The Hall–Kier alpha value is -2.06. The molecule has 1 aliphatic rings. The van der Waals surface area contributed by atoms with Crippen LogP contribution in [-0.4, -0.2) is 62.4 Å². The number of carbonyl (C=O) groups excluding carboxylic acids is 2. The molecular weight excluding hydrogens is 647 g/mol. The van der Waals surface area contributed by atoms with Crippen LogP contribution in [0.4, 0.5) is 0 Å². The Kier molecular flexibility index (Phi) is 33.2. The predicted molar refractivity (Wildman–Crippen MR) is 217 cm³/mol. The topological polar surface area (TPSA) is 65.1 Å². The van der Waals surface area contributed by atoms with Gasteiger partial charge in [-0.25, -0.2) is 0 Å². The summed E-state index contributed by atoms with van der Waals surface area (Å²) < 4.78 is 17.5. The van der Waals surface area contributed by atoms with Gasteiger partial charge in [0.15, 0.2) is 0 Å². The Balaban J connectivity index is 2.19. The maximum Gasteiger partial charge on any atom is 0.306 e. The van der Waals surface area contributed by atoms with E-state index in [1.807, 2.05) is 6.08 Å². The van der Waals surface area contributed by atoms with Crippen LogP contribution in [0.1, 0.15) is 194 Å². The van der Waals surface area contributed by atoms with E-state index in [1.54, 1.807) is 0 Å². The molecule has 6 nitrogen and oxygen atoms in total. The van der Waals surface area contributed by atoms with Gasteiger partial charge in [-0.05, 0) is 94.7 Å². The van der Waals surface area contributed by atoms with Crippen LogP contribution < -0.4 is 0 Å². The van der Waals surface area contributed by atoms with E-state index in [1.165, 1.54) is 122 Å². The summed E-state index contributed by atoms with van der Waals surface area (Å²) in [6.07, 6.45) is 32.7. The van der Waals surface area contributed by atoms with Gasteiger partial charge in [-0.1, -0.05) is 141 Å². The predicted octanol–water partition coefficient (Wildman–Crippen LogP) is 12.2. The lowest BCUT2D eigenvalue weighted by molar-refractivity contribution is -0.145. The van der Waals surface area contributed by atoms with E-state index in [0.717, 1.165) is 64.4 Å². The average molecular weight is 728 g/mol. The van der Waals surface area contributed by atoms with Crippen LogP contribution in [-0.2, 0) is 23.8 Å². The van der Waals surface area contributed by atoms with E-state index in [9.17, 15) is 9.59 Å². The number of carbonyl (C=O) groups is 2. The molecule has 0 N–H and O–H groups in total. The van der Waals surface area contributed by atoms with Crippen LogP contribution in [0.2, 0.25) is 0 Å². The molecule has 0 aromatic rings. The lowest BCUT2D eigenvalue weighted by atomic mass is 9.98. The van der Waals surface area contributed by atoms with E-state index in [-0.39, 0.29) is 17.9 Å². The molecular formula is C46H81NO5. The van der Waals surface area contributed by atoms with Gasteiger partial charge >= 0.3 is 11.9 Å². The van der Waals surface area contributed by atoms with E-state index < -0.39 is 0 Å². The largest absolute Gasteiger partial charge is 0.466 e. The lowest BCUT2D eigenvalue weighted by Crippen LogP contribution is -2.23. The molecule has 6 heteroatoms. The zero-order valence-corrected chi connectivity index (χ0v) is 34.3. The molecule has 0 radical (unpaired) electrons. The molecule has 1 saturated heterocycles. The highest BCUT2D eigenvalue weighted by atomic mass is 16.5. The second-order valence-electron chi connectivity index (χ2n) is 15.5. The minimum Gasteiger partial charge on any atom is -0.466 e. The van der Waals surface area contributed by atoms with Crippen molar-refractivity contribution in [1.29, 1.82) is 0 Å². The summed E-state index contributed by atoms with van der Waals surface area (Å²) in [6, 6.07) is 0. The Morgan fingerprint density at radius 3 is 1.75 bits per heavy atom. The average Bonchev–Trinajstić information content (AvgIpc) is 3.65. The highest BCUT2D eigenvalue weighted by Crippen LogP contribution is 2.19. The van der Waals surface area contributed by atoms with Crippen molar-refractivity contribution < 1.29 is 23.8 Å². The molecule has 0 saturated carbocycles. The second kappa shape index (κ2) is 35.9. The van der Waals surface area contributed by atoms with Gasteiger partial charge in [0.1, 0.15) is 0 Å². The van der Waals surface area contributed by atoms with Gasteiger partial charge in [0.25, 0.3) is 0 Å². The van der Waals surface area contributed by atoms with Gasteiger partial charge in [0.2, 0.25) is 0 Å². The fraction of sp³-hybridized carbons (Fsp3) is 0.848. The number of hydrogen-bond donors (Lipinski definition) is 0. The number of nitrogens with zero attached hydrogens (tertiary/aromatic N) is 1. The van der Waals surface area contributed by atoms with Crippen LogP contribution in [0, 0.1) is 11.8 Å². The number of unbranched alkanes of at least 4 members (excludes halogenated alkanes) is 14. The van der Waals surface area contributed by atoms with Gasteiger partial charge in [-0.15, -0.1) is 0 Å². The number of hydrogen-bond acceptors (Lipinski definition) is 6. The van der Waals surface area contributed by atoms with E-state index >= 15 is 0 Å². The van der Waals surface area contributed by atoms with Crippen molar-refractivity contribution in [1.82, 2.24) is 4.90 Å². The number of ether oxygens (including phenoxy) is 3. The van der Waals surface area contributed by atoms with Crippen LogP contribution in [0.15, 0.2) is 29.8 Å². The molecule has 1 aliphatic heterocycles. The van der Waals surface area contributed by atoms with Crippen LogP contribution in [0.25, 0.3) is 0 Å². The van der Waals surface area contributed by atoms with Gasteiger partial charge < -0.3 is 19.1 Å². The van der Waals surface area contributed by atoms with Crippen molar-refractivity contribution in [2.45, 2.75) is 200 Å². The summed E-state index contributed by atoms with van der Waals surface area (Å²) in [4.78, 5) is 27.1. The second-order valence-corrected chi connectivity index (χ2v) is 15.5. The zero-order valence-electron chi connectivity index (χ0n) is 34.3. The Morgan fingerprint density at radius 2 is 1.17 bits per heavy atom. The van der Waals surface area contributed by atoms with Crippen molar-refractivity contribution in [3.8, 4) is 0 Å². The molecule has 0 aromatic carbocycles.